The Morgan fingerprint density at radius 1 is 0.562 bits per heavy atom. The van der Waals surface area contributed by atoms with Crippen molar-refractivity contribution >= 4 is 91.8 Å². The van der Waals surface area contributed by atoms with E-state index in [0.717, 1.165) is 107 Å². The molecule has 0 radical (unpaired) electrons. The summed E-state index contributed by atoms with van der Waals surface area (Å²) in [5.41, 5.74) is 20.3. The monoisotopic (exact) mass is 1350 g/mol. The Morgan fingerprint density at radius 2 is 0.896 bits per heavy atom. The first kappa shape index (κ1) is 90.7. The van der Waals surface area contributed by atoms with E-state index >= 15 is 0 Å². The van der Waals surface area contributed by atoms with Gasteiger partial charge in [0.1, 0.15) is 16.8 Å². The maximum atomic E-state index is 11.5. The number of carbonyl (C=O) groups excluding carboxylic acids is 5. The summed E-state index contributed by atoms with van der Waals surface area (Å²) >= 11 is 0. The first-order valence-corrected chi connectivity index (χ1v) is 31.5. The fourth-order valence-corrected chi connectivity index (χ4v) is 8.32. The number of amides is 2. The van der Waals surface area contributed by atoms with Gasteiger partial charge in [-0.1, -0.05) is 20.8 Å². The number of nitrogens with zero attached hydrogens (tertiary/aromatic N) is 5. The van der Waals surface area contributed by atoms with Gasteiger partial charge in [0, 0.05) is 101 Å². The maximum absolute atomic E-state index is 11.5. The zero-order valence-electron chi connectivity index (χ0n) is 59.9. The molecule has 26 nitrogen and oxygen atoms in total. The Balaban J connectivity index is -0.00000106. The molecule has 8 aromatic rings. The van der Waals surface area contributed by atoms with E-state index in [2.05, 4.69) is 75.6 Å². The van der Waals surface area contributed by atoms with Gasteiger partial charge in [-0.05, 0) is 194 Å². The van der Waals surface area contributed by atoms with Crippen LogP contribution in [0.5, 0.6) is 0 Å². The normalized spacial score (nSPS) is 11.8. The molecule has 8 aromatic heterocycles. The third kappa shape index (κ3) is 39.0. The van der Waals surface area contributed by atoms with E-state index in [1.54, 1.807) is 85.6 Å². The van der Waals surface area contributed by atoms with Gasteiger partial charge < -0.3 is 87.5 Å². The van der Waals surface area contributed by atoms with Gasteiger partial charge in [0.2, 0.25) is 5.91 Å². The summed E-state index contributed by atoms with van der Waals surface area (Å²) in [4.78, 5) is 87.2. The van der Waals surface area contributed by atoms with E-state index in [1.165, 1.54) is 50.9 Å². The molecular weight excluding hydrogens is 1240 g/mol. The molecule has 530 valence electrons. The van der Waals surface area contributed by atoms with Crippen molar-refractivity contribution in [2.24, 2.45) is 11.5 Å². The van der Waals surface area contributed by atoms with Crippen molar-refractivity contribution in [2.75, 3.05) is 72.9 Å². The number of aromatic nitrogens is 8. The molecule has 0 saturated carbocycles. The largest absolute Gasteiger partial charge is 1.00 e. The molecule has 0 aliphatic carbocycles. The van der Waals surface area contributed by atoms with Crippen LogP contribution in [0, 0.1) is 0 Å². The topological polar surface area (TPSA) is 387 Å². The van der Waals surface area contributed by atoms with Crippen molar-refractivity contribution in [3.63, 3.8) is 0 Å². The summed E-state index contributed by atoms with van der Waals surface area (Å²) in [6, 6.07) is 15.3. The second-order valence-electron chi connectivity index (χ2n) is 23.5. The number of ether oxygens (including phenoxy) is 7. The summed E-state index contributed by atoms with van der Waals surface area (Å²) in [7, 11) is 1.00. The predicted octanol–water partition coefficient (Wildman–Crippen LogP) is 7.47. The van der Waals surface area contributed by atoms with E-state index in [1.807, 2.05) is 81.7 Å². The van der Waals surface area contributed by atoms with Crippen molar-refractivity contribution in [1.82, 2.24) is 56.2 Å². The van der Waals surface area contributed by atoms with Gasteiger partial charge in [0.15, 0.2) is 17.4 Å². The van der Waals surface area contributed by atoms with Gasteiger partial charge >= 0.3 is 43.2 Å². The first-order chi connectivity index (χ1) is 44.3. The minimum Gasteiger partial charge on any atom is -1.00 e. The number of hydrogen-bond acceptors (Lipinski definition) is 20. The minimum absolute atomic E-state index is 0. The number of primary amides is 1. The number of carbonyl (C=O) groups is 5. The number of aliphatic hydroxyl groups excluding tert-OH is 1. The van der Waals surface area contributed by atoms with Crippen LogP contribution in [0.25, 0.3) is 44.1 Å². The number of aliphatic hydroxyl groups is 1. The van der Waals surface area contributed by atoms with E-state index < -0.39 is 29.1 Å². The Labute approximate surface area is 590 Å². The zero-order chi connectivity index (χ0) is 69.2. The van der Waals surface area contributed by atoms with Crippen LogP contribution in [0.15, 0.2) is 98.1 Å². The molecule has 10 heterocycles. The SMILES string of the molecule is C1CCOC1.C1CCOC1.CC(C)(C)OC(=O)NCCc1c[nH]c2cccnc12.CC(C)(C)OC(=O)OC(=O)OC(C)(C)C.CCN(CC)CC.CCOC(=O)Cc1c[nH]c2cccnc12.CO.N.NC(=O)Cc1c[nH]c2cccnc12.NCCc1c[nH]c2cccnc12.[AlH3].[H-].[Li+]. The molecule has 13 N–H and O–H groups in total. The number of hydrogen-bond donors (Lipinski definition) is 9. The smallest absolute Gasteiger partial charge is 1.00 e. The van der Waals surface area contributed by atoms with Crippen LogP contribution in [-0.4, -0.2) is 187 Å². The second-order valence-corrected chi connectivity index (χ2v) is 23.5. The Bertz CT molecular complexity index is 3330. The van der Waals surface area contributed by atoms with E-state index in [-0.39, 0.29) is 74.6 Å². The van der Waals surface area contributed by atoms with Crippen LogP contribution in [0.4, 0.5) is 14.4 Å². The van der Waals surface area contributed by atoms with Gasteiger partial charge in [0.25, 0.3) is 0 Å². The molecule has 2 saturated heterocycles. The fraction of sp³-hybridized carbons (Fsp3) is 0.515. The zero-order valence-corrected chi connectivity index (χ0v) is 58.9. The van der Waals surface area contributed by atoms with Crippen LogP contribution in [-0.2, 0) is 68.4 Å². The second kappa shape index (κ2) is 50.0. The van der Waals surface area contributed by atoms with Crippen molar-refractivity contribution in [1.29, 1.82) is 0 Å². The summed E-state index contributed by atoms with van der Waals surface area (Å²) in [6.07, 6.45) is 19.2. The van der Waals surface area contributed by atoms with Gasteiger partial charge in [0.05, 0.1) is 63.6 Å². The Hall–Kier alpha value is -7.40. The van der Waals surface area contributed by atoms with Gasteiger partial charge in [-0.2, -0.15) is 0 Å². The van der Waals surface area contributed by atoms with Gasteiger partial charge in [-0.15, -0.1) is 0 Å². The number of aromatic amines is 4. The van der Waals surface area contributed by atoms with Crippen molar-refractivity contribution in [3.8, 4) is 0 Å². The summed E-state index contributed by atoms with van der Waals surface area (Å²) in [6.45, 7) is 33.1. The standard InChI is InChI=1S/C14H19N3O2.C11H12N2O2.C10H18O5.C9H9N3O.C9H11N3.C6H15N.2C4H8O.CH4O.Al.Li.H3N.4H/c1-14(2,3)19-13(18)16-8-6-10-9-17-11-5-4-7-15-12(10)11;1-2-15-10(14)6-8-7-13-9-4-3-5-12-11(8)9;1-9(2,3)14-7(11)13-8(12)15-10(4,5)6;10-8(13)4-6-5-12-7-2-1-3-11-9(6)7;10-4-3-7-6-12-8-2-1-5-11-9(7)8;1-4-7(5-2)6-3;2*1-2-4-5-3-1;1-2;;;;;;;/h4-5,7,9,17H,6,8H2,1-3H3,(H,16,18);3-5,7,13H,2,6H2,1H3;1-6H3;1-3,5,12H,4H2,(H2,10,13);1-2,5-6,12H,3-4,10H2;4-6H2,1-3H3;2*1-4H2;2H,1H3;;;1H3;;;;/q;;;;;;;;;;+1;;;;;-1. The third-order valence-corrected chi connectivity index (χ3v) is 12.5. The number of alkyl carbamates (subject to hydrolysis) is 1. The van der Waals surface area contributed by atoms with Gasteiger partial charge in [-0.3, -0.25) is 29.5 Å². The van der Waals surface area contributed by atoms with Crippen LogP contribution >= 0.6 is 0 Å². The number of H-pyrrole nitrogens is 4. The van der Waals surface area contributed by atoms with Crippen LogP contribution in [0.3, 0.4) is 0 Å². The molecule has 10 rings (SSSR count). The summed E-state index contributed by atoms with van der Waals surface area (Å²) in [5.74, 6) is -0.560. The number of pyridine rings is 4. The first-order valence-electron chi connectivity index (χ1n) is 31.5. The molecule has 2 aliphatic rings. The molecular formula is C68H111AlLiN13O13. The van der Waals surface area contributed by atoms with Crippen molar-refractivity contribution < 1.29 is 82.5 Å². The van der Waals surface area contributed by atoms with Crippen LogP contribution < -0.4 is 41.8 Å². The van der Waals surface area contributed by atoms with Gasteiger partial charge in [-0.25, -0.2) is 14.4 Å². The van der Waals surface area contributed by atoms with Crippen LogP contribution in [0.2, 0.25) is 0 Å². The molecule has 0 spiro atoms. The molecule has 96 heavy (non-hydrogen) atoms. The Kier molecular flexibility index (Phi) is 47.2. The average Bonchev–Trinajstić information content (AvgIpc) is 1.82. The molecule has 0 aromatic carbocycles. The number of rotatable bonds is 13. The Morgan fingerprint density at radius 3 is 1.19 bits per heavy atom. The quantitative estimate of drug-likeness (QED) is 0.0234. The molecule has 2 aliphatic heterocycles. The summed E-state index contributed by atoms with van der Waals surface area (Å²) < 4.78 is 33.7. The minimum atomic E-state index is -1.06. The van der Waals surface area contributed by atoms with E-state index in [0.29, 0.717) is 19.7 Å². The number of nitrogens with one attached hydrogen (secondary N) is 5. The fourth-order valence-electron chi connectivity index (χ4n) is 8.32. The van der Waals surface area contributed by atoms with E-state index in [9.17, 15) is 24.0 Å². The van der Waals surface area contributed by atoms with Crippen molar-refractivity contribution in [2.45, 2.75) is 158 Å². The summed E-state index contributed by atoms with van der Waals surface area (Å²) in [5, 5.41) is 9.74. The molecule has 0 bridgehead atoms. The molecule has 28 heteroatoms. The predicted molar refractivity (Wildman–Crippen MR) is 380 cm³/mol. The van der Waals surface area contributed by atoms with Crippen LogP contribution in [0.1, 0.15) is 139 Å². The number of fused-ring (bicyclic) bond motifs is 4. The molecule has 2 fully saturated rings. The average molecular weight is 1350 g/mol. The van der Waals surface area contributed by atoms with Crippen molar-refractivity contribution in [3.05, 3.63) is 120 Å². The van der Waals surface area contributed by atoms with E-state index in [4.69, 9.17) is 45.0 Å². The number of nitrogens with two attached hydrogens (primary N) is 2. The molecule has 0 unspecified atom stereocenters. The maximum Gasteiger partial charge on any atom is 1.00 e. The number of esters is 1. The third-order valence-electron chi connectivity index (χ3n) is 12.5. The molecule has 0 atom stereocenters. The molecule has 2 amide bonds.